The van der Waals surface area contributed by atoms with Crippen molar-refractivity contribution in [3.63, 3.8) is 0 Å². The minimum Gasteiger partial charge on any atom is -0.288 e. The Morgan fingerprint density at radius 2 is 0.706 bits per heavy atom. The van der Waals surface area contributed by atoms with Crippen LogP contribution in [0.4, 0.5) is 0 Å². The molecule has 0 saturated carbocycles. The number of carbonyl (C=O) groups is 3. The molecular formula is C28H27O3S3. The van der Waals surface area contributed by atoms with E-state index in [9.17, 15) is 14.4 Å². The summed E-state index contributed by atoms with van der Waals surface area (Å²) in [5.41, 5.74) is 6.60. The molecule has 0 spiro atoms. The molecule has 3 nitrogen and oxygen atoms in total. The first kappa shape index (κ1) is 26.3. The molecule has 0 unspecified atom stereocenters. The molecule has 3 aromatic rings. The van der Waals surface area contributed by atoms with Crippen LogP contribution in [0.15, 0.2) is 72.8 Å². The highest BCUT2D eigenvalue weighted by atomic mass is 32.2. The number of hydrogen-bond acceptors (Lipinski definition) is 6. The zero-order valence-corrected chi connectivity index (χ0v) is 21.9. The summed E-state index contributed by atoms with van der Waals surface area (Å²) in [6.07, 6.45) is 0. The lowest BCUT2D eigenvalue weighted by atomic mass is 9.84. The molecule has 0 N–H and O–H groups in total. The highest BCUT2D eigenvalue weighted by Gasteiger charge is 2.18. The maximum absolute atomic E-state index is 11.3. The molecule has 0 amide bonds. The van der Waals surface area contributed by atoms with Crippen molar-refractivity contribution in [2.75, 3.05) is 0 Å². The first-order valence-electron chi connectivity index (χ1n) is 10.9. The fourth-order valence-corrected chi connectivity index (χ4v) is 5.04. The zero-order valence-electron chi connectivity index (χ0n) is 19.5. The van der Waals surface area contributed by atoms with E-state index < -0.39 is 0 Å². The summed E-state index contributed by atoms with van der Waals surface area (Å²) in [4.78, 5) is 33.9. The Kier molecular flexibility index (Phi) is 10.1. The van der Waals surface area contributed by atoms with Crippen LogP contribution in [0.25, 0.3) is 0 Å². The molecule has 3 aromatic carbocycles. The Labute approximate surface area is 214 Å². The smallest absolute Gasteiger partial charge is 0.186 e. The SMILES string of the molecule is CC(=O)SCc1ccc([C](c2ccc(CSC(C)=O)cc2)c2ccc(CSC(C)=O)cc2)cc1. The summed E-state index contributed by atoms with van der Waals surface area (Å²) in [6.45, 7) is 4.76. The fraction of sp³-hybridized carbons (Fsp3) is 0.214. The Hall–Kier alpha value is -2.28. The van der Waals surface area contributed by atoms with E-state index in [1.54, 1.807) is 20.8 Å². The normalized spacial score (nSPS) is 10.9. The minimum absolute atomic E-state index is 0.113. The lowest BCUT2D eigenvalue weighted by Gasteiger charge is -2.19. The van der Waals surface area contributed by atoms with Gasteiger partial charge >= 0.3 is 0 Å². The van der Waals surface area contributed by atoms with Crippen LogP contribution in [-0.4, -0.2) is 15.3 Å². The van der Waals surface area contributed by atoms with E-state index in [4.69, 9.17) is 0 Å². The molecular weight excluding hydrogens is 481 g/mol. The van der Waals surface area contributed by atoms with Gasteiger partial charge in [-0.05, 0) is 33.4 Å². The predicted molar refractivity (Wildman–Crippen MR) is 146 cm³/mol. The van der Waals surface area contributed by atoms with Crippen molar-refractivity contribution in [2.45, 2.75) is 38.0 Å². The molecule has 6 heteroatoms. The van der Waals surface area contributed by atoms with E-state index in [1.165, 1.54) is 35.3 Å². The second kappa shape index (κ2) is 13.0. The standard InChI is InChI=1S/C28H27O3S3/c1-19(29)32-16-22-4-10-25(11-5-22)28(26-12-6-23(7-13-26)17-33-20(2)30)27-14-8-24(9-15-27)18-34-21(3)31/h4-15H,16-18H2,1-3H3. The molecule has 175 valence electrons. The van der Waals surface area contributed by atoms with Crippen molar-refractivity contribution in [2.24, 2.45) is 0 Å². The second-order valence-corrected chi connectivity index (χ2v) is 11.3. The van der Waals surface area contributed by atoms with Crippen LogP contribution in [0, 0.1) is 5.92 Å². The van der Waals surface area contributed by atoms with Crippen molar-refractivity contribution in [1.82, 2.24) is 0 Å². The maximum Gasteiger partial charge on any atom is 0.186 e. The van der Waals surface area contributed by atoms with Crippen molar-refractivity contribution < 1.29 is 14.4 Å². The third-order valence-electron chi connectivity index (χ3n) is 5.05. The summed E-state index contributed by atoms with van der Waals surface area (Å²) in [6, 6.07) is 25.0. The molecule has 0 saturated heterocycles. The van der Waals surface area contributed by atoms with Gasteiger partial charge in [-0.25, -0.2) is 0 Å². The number of carbonyl (C=O) groups excluding carboxylic acids is 3. The summed E-state index contributed by atoms with van der Waals surface area (Å²) in [5.74, 6) is 3.10. The quantitative estimate of drug-likeness (QED) is 0.289. The molecule has 0 aliphatic heterocycles. The molecule has 0 aliphatic carbocycles. The van der Waals surface area contributed by atoms with Gasteiger partial charge in [0.15, 0.2) is 15.3 Å². The molecule has 34 heavy (non-hydrogen) atoms. The summed E-state index contributed by atoms with van der Waals surface area (Å²) < 4.78 is 0. The van der Waals surface area contributed by atoms with E-state index in [-0.39, 0.29) is 15.3 Å². The zero-order chi connectivity index (χ0) is 24.5. The summed E-state index contributed by atoms with van der Waals surface area (Å²) >= 11 is 3.93. The van der Waals surface area contributed by atoms with Crippen LogP contribution in [-0.2, 0) is 31.6 Å². The van der Waals surface area contributed by atoms with Gasteiger partial charge < -0.3 is 0 Å². The average Bonchev–Trinajstić information content (AvgIpc) is 2.82. The van der Waals surface area contributed by atoms with Gasteiger partial charge in [0.05, 0.1) is 5.92 Å². The fourth-order valence-electron chi connectivity index (χ4n) is 3.36. The second-order valence-electron chi connectivity index (χ2n) is 7.81. The van der Waals surface area contributed by atoms with Gasteiger partial charge in [-0.1, -0.05) is 108 Å². The predicted octanol–water partition coefficient (Wildman–Crippen LogP) is 7.04. The number of benzene rings is 3. The molecule has 0 aliphatic rings. The van der Waals surface area contributed by atoms with Crippen LogP contribution in [0.5, 0.6) is 0 Å². The van der Waals surface area contributed by atoms with Crippen molar-refractivity contribution in [3.8, 4) is 0 Å². The highest BCUT2D eigenvalue weighted by molar-refractivity contribution is 8.13. The number of rotatable bonds is 9. The maximum atomic E-state index is 11.3. The van der Waals surface area contributed by atoms with Crippen molar-refractivity contribution in [1.29, 1.82) is 0 Å². The van der Waals surface area contributed by atoms with Gasteiger partial charge in [-0.15, -0.1) is 0 Å². The minimum atomic E-state index is 0.113. The molecule has 0 aromatic heterocycles. The van der Waals surface area contributed by atoms with Crippen molar-refractivity contribution >= 4 is 50.6 Å². The molecule has 0 bridgehead atoms. The molecule has 0 atom stereocenters. The molecule has 3 rings (SSSR count). The third-order valence-corrected chi connectivity index (χ3v) is 7.71. The van der Waals surface area contributed by atoms with Gasteiger partial charge in [0, 0.05) is 38.0 Å². The Bertz CT molecular complexity index is 975. The molecule has 0 heterocycles. The van der Waals surface area contributed by atoms with E-state index in [0.717, 1.165) is 39.3 Å². The molecule has 0 fully saturated rings. The topological polar surface area (TPSA) is 51.2 Å². The first-order chi connectivity index (χ1) is 16.3. The van der Waals surface area contributed by atoms with E-state index in [1.807, 2.05) is 0 Å². The van der Waals surface area contributed by atoms with Gasteiger partial charge in [-0.2, -0.15) is 0 Å². The lowest BCUT2D eigenvalue weighted by molar-refractivity contribution is -0.109. The van der Waals surface area contributed by atoms with Crippen LogP contribution in [0.1, 0.15) is 54.2 Å². The largest absolute Gasteiger partial charge is 0.288 e. The molecule has 1 radical (unpaired) electrons. The van der Waals surface area contributed by atoms with Crippen LogP contribution in [0.2, 0.25) is 0 Å². The van der Waals surface area contributed by atoms with Gasteiger partial charge in [-0.3, -0.25) is 14.4 Å². The monoisotopic (exact) mass is 507 g/mol. The van der Waals surface area contributed by atoms with Crippen LogP contribution < -0.4 is 0 Å². The Morgan fingerprint density at radius 1 is 0.471 bits per heavy atom. The number of thioether (sulfide) groups is 3. The number of hydrogen-bond donors (Lipinski definition) is 0. The summed E-state index contributed by atoms with van der Waals surface area (Å²) in [7, 11) is 0. The van der Waals surface area contributed by atoms with Gasteiger partial charge in [0.1, 0.15) is 0 Å². The first-order valence-corrected chi connectivity index (χ1v) is 13.8. The van der Waals surface area contributed by atoms with Gasteiger partial charge in [0.2, 0.25) is 0 Å². The third kappa shape index (κ3) is 8.19. The highest BCUT2D eigenvalue weighted by Crippen LogP contribution is 2.32. The van der Waals surface area contributed by atoms with Crippen LogP contribution in [0.3, 0.4) is 0 Å². The van der Waals surface area contributed by atoms with Crippen molar-refractivity contribution in [3.05, 3.63) is 112 Å². The summed E-state index contributed by atoms with van der Waals surface area (Å²) in [5, 5.41) is 0.340. The average molecular weight is 508 g/mol. The van der Waals surface area contributed by atoms with Gasteiger partial charge in [0.25, 0.3) is 0 Å². The Balaban J connectivity index is 1.89. The Morgan fingerprint density at radius 3 is 0.912 bits per heavy atom. The van der Waals surface area contributed by atoms with Crippen LogP contribution >= 0.6 is 35.3 Å². The lowest BCUT2D eigenvalue weighted by Crippen LogP contribution is -2.05. The van der Waals surface area contributed by atoms with E-state index in [2.05, 4.69) is 72.8 Å². The van der Waals surface area contributed by atoms with E-state index >= 15 is 0 Å². The van der Waals surface area contributed by atoms with E-state index in [0.29, 0.717) is 17.3 Å².